The second kappa shape index (κ2) is 7.57. The summed E-state index contributed by atoms with van der Waals surface area (Å²) >= 11 is 0. The van der Waals surface area contributed by atoms with Crippen LogP contribution < -0.4 is 5.73 Å². The van der Waals surface area contributed by atoms with Crippen molar-refractivity contribution in [3.8, 4) is 0 Å². The summed E-state index contributed by atoms with van der Waals surface area (Å²) in [6, 6.07) is 13.9. The van der Waals surface area contributed by atoms with Gasteiger partial charge in [0.2, 0.25) is 0 Å². The molecule has 0 saturated heterocycles. The Labute approximate surface area is 175 Å². The number of nitrogens with two attached hydrogens (primary N) is 1. The van der Waals surface area contributed by atoms with Crippen LogP contribution in [0, 0.1) is 10.1 Å². The number of hydrogen-bond acceptors (Lipinski definition) is 5. The van der Waals surface area contributed by atoms with E-state index < -0.39 is 34.3 Å². The topological polar surface area (TPSA) is 95.5 Å². The van der Waals surface area contributed by atoms with Gasteiger partial charge >= 0.3 is 6.18 Å². The van der Waals surface area contributed by atoms with E-state index in [-0.39, 0.29) is 41.3 Å². The largest absolute Gasteiger partial charge is 0.445 e. The van der Waals surface area contributed by atoms with Gasteiger partial charge in [-0.15, -0.1) is 0 Å². The average molecular weight is 430 g/mol. The number of nitro benzene ring substituents is 1. The zero-order valence-corrected chi connectivity index (χ0v) is 16.1. The summed E-state index contributed by atoms with van der Waals surface area (Å²) in [6.45, 7) is 0. The number of carbonyl (C=O) groups excluding carboxylic acids is 1. The molecule has 0 bridgehead atoms. The first-order chi connectivity index (χ1) is 14.7. The normalized spacial score (nSPS) is 21.6. The van der Waals surface area contributed by atoms with Crippen LogP contribution in [-0.2, 0) is 9.53 Å². The van der Waals surface area contributed by atoms with Gasteiger partial charge in [0.25, 0.3) is 5.69 Å². The second-order valence-electron chi connectivity index (χ2n) is 7.44. The number of nitro groups is 1. The Morgan fingerprint density at radius 2 is 1.71 bits per heavy atom. The standard InChI is InChI=1S/C22H17F3N2O4/c23-22(24,25)20-18(13-7-4-8-15(9-13)27(29)30)19-16(28)10-14(11-17(19)31-21(20)26)12-5-2-1-3-6-12/h1-9,14,18H,10-11,26H2/t14-,18-/m0/s1. The zero-order valence-electron chi connectivity index (χ0n) is 16.1. The molecular formula is C22H17F3N2O4. The fourth-order valence-corrected chi connectivity index (χ4v) is 4.20. The van der Waals surface area contributed by atoms with Crippen molar-refractivity contribution in [3.05, 3.63) is 98.6 Å². The minimum atomic E-state index is -4.89. The fraction of sp³-hybridized carbons (Fsp3) is 0.227. The van der Waals surface area contributed by atoms with Gasteiger partial charge in [0, 0.05) is 30.5 Å². The molecule has 0 saturated carbocycles. The number of benzene rings is 2. The molecule has 1 aliphatic heterocycles. The van der Waals surface area contributed by atoms with Gasteiger partial charge in [-0.2, -0.15) is 13.2 Å². The van der Waals surface area contributed by atoms with Crippen molar-refractivity contribution in [2.45, 2.75) is 30.9 Å². The van der Waals surface area contributed by atoms with Crippen LogP contribution in [0.25, 0.3) is 0 Å². The third-order valence-corrected chi connectivity index (χ3v) is 5.53. The Hall–Kier alpha value is -3.62. The molecule has 6 nitrogen and oxygen atoms in total. The van der Waals surface area contributed by atoms with Gasteiger partial charge in [0.05, 0.1) is 10.8 Å². The van der Waals surface area contributed by atoms with Gasteiger partial charge in [0.15, 0.2) is 11.7 Å². The van der Waals surface area contributed by atoms with Crippen molar-refractivity contribution in [3.63, 3.8) is 0 Å². The van der Waals surface area contributed by atoms with E-state index in [0.717, 1.165) is 11.6 Å². The van der Waals surface area contributed by atoms with Crippen molar-refractivity contribution in [1.29, 1.82) is 0 Å². The smallest absolute Gasteiger partial charge is 0.418 e. The molecule has 9 heteroatoms. The maximum atomic E-state index is 13.9. The minimum Gasteiger partial charge on any atom is -0.445 e. The lowest BCUT2D eigenvalue weighted by Crippen LogP contribution is -2.34. The van der Waals surface area contributed by atoms with E-state index in [2.05, 4.69) is 0 Å². The SMILES string of the molecule is NC1=C(C(F)(F)F)[C@@H](c2cccc([N+](=O)[O-])c2)C2=C(C[C@@H](c3ccccc3)CC2=O)O1. The maximum Gasteiger partial charge on any atom is 0.418 e. The number of carbonyl (C=O) groups is 1. The number of nitrogens with zero attached hydrogens (tertiary/aromatic N) is 1. The molecule has 160 valence electrons. The summed E-state index contributed by atoms with van der Waals surface area (Å²) in [7, 11) is 0. The monoisotopic (exact) mass is 430 g/mol. The lowest BCUT2D eigenvalue weighted by Gasteiger charge is -2.36. The molecule has 0 fully saturated rings. The molecule has 2 atom stereocenters. The third-order valence-electron chi connectivity index (χ3n) is 5.53. The Balaban J connectivity index is 1.85. The Bertz CT molecular complexity index is 1120. The average Bonchev–Trinajstić information content (AvgIpc) is 2.72. The number of alkyl halides is 3. The molecule has 31 heavy (non-hydrogen) atoms. The Kier molecular flexibility index (Phi) is 5.04. The van der Waals surface area contributed by atoms with E-state index in [9.17, 15) is 28.1 Å². The maximum absolute atomic E-state index is 13.9. The van der Waals surface area contributed by atoms with Crippen molar-refractivity contribution < 1.29 is 27.6 Å². The van der Waals surface area contributed by atoms with Crippen LogP contribution in [0.3, 0.4) is 0 Å². The zero-order chi connectivity index (χ0) is 22.3. The summed E-state index contributed by atoms with van der Waals surface area (Å²) in [4.78, 5) is 23.6. The summed E-state index contributed by atoms with van der Waals surface area (Å²) < 4.78 is 47.1. The lowest BCUT2D eigenvalue weighted by molar-refractivity contribution is -0.384. The number of Topliss-reactive ketones (excluding diaryl/α,β-unsaturated/α-hetero) is 1. The number of non-ortho nitro benzene ring substituents is 1. The molecule has 1 heterocycles. The first-order valence-corrected chi connectivity index (χ1v) is 9.47. The van der Waals surface area contributed by atoms with Crippen molar-refractivity contribution in [1.82, 2.24) is 0 Å². The predicted molar refractivity (Wildman–Crippen MR) is 105 cm³/mol. The summed E-state index contributed by atoms with van der Waals surface area (Å²) in [5, 5.41) is 11.2. The first-order valence-electron chi connectivity index (χ1n) is 9.47. The molecule has 0 unspecified atom stereocenters. The highest BCUT2D eigenvalue weighted by molar-refractivity contribution is 6.00. The van der Waals surface area contributed by atoms with Crippen LogP contribution in [0.5, 0.6) is 0 Å². The molecule has 0 radical (unpaired) electrons. The van der Waals surface area contributed by atoms with E-state index in [1.54, 1.807) is 0 Å². The first kappa shape index (κ1) is 20.6. The van der Waals surface area contributed by atoms with Crippen molar-refractivity contribution in [2.75, 3.05) is 0 Å². The van der Waals surface area contributed by atoms with E-state index in [1.165, 1.54) is 18.2 Å². The van der Waals surface area contributed by atoms with Crippen molar-refractivity contribution >= 4 is 11.5 Å². The summed E-state index contributed by atoms with van der Waals surface area (Å²) in [6.07, 6.45) is -4.69. The number of hydrogen-bond donors (Lipinski definition) is 1. The number of ether oxygens (including phenoxy) is 1. The lowest BCUT2D eigenvalue weighted by atomic mass is 9.73. The molecule has 4 rings (SSSR count). The molecule has 1 aliphatic carbocycles. The Morgan fingerprint density at radius 1 is 1.03 bits per heavy atom. The van der Waals surface area contributed by atoms with Crippen LogP contribution in [0.4, 0.5) is 18.9 Å². The highest BCUT2D eigenvalue weighted by atomic mass is 19.4. The second-order valence-corrected chi connectivity index (χ2v) is 7.44. The van der Waals surface area contributed by atoms with Gasteiger partial charge < -0.3 is 10.5 Å². The van der Waals surface area contributed by atoms with Gasteiger partial charge in [-0.3, -0.25) is 14.9 Å². The number of halogens is 3. The molecule has 2 N–H and O–H groups in total. The summed E-state index contributed by atoms with van der Waals surface area (Å²) in [5.41, 5.74) is 4.77. The number of rotatable bonds is 3. The van der Waals surface area contributed by atoms with Crippen LogP contribution >= 0.6 is 0 Å². The Morgan fingerprint density at radius 3 is 2.35 bits per heavy atom. The molecule has 0 aromatic heterocycles. The van der Waals surface area contributed by atoms with E-state index in [0.29, 0.717) is 0 Å². The number of ketones is 1. The minimum absolute atomic E-state index is 0.00265. The molecule has 0 spiro atoms. The van der Waals surface area contributed by atoms with Crippen LogP contribution in [0.15, 0.2) is 77.4 Å². The summed E-state index contributed by atoms with van der Waals surface area (Å²) in [5.74, 6) is -3.12. The quantitative estimate of drug-likeness (QED) is 0.555. The molecular weight excluding hydrogens is 413 g/mol. The fourth-order valence-electron chi connectivity index (χ4n) is 4.20. The molecule has 0 amide bonds. The van der Waals surface area contributed by atoms with Gasteiger partial charge in [-0.25, -0.2) is 0 Å². The van der Waals surface area contributed by atoms with Crippen molar-refractivity contribution in [2.24, 2.45) is 5.73 Å². The van der Waals surface area contributed by atoms with Crippen LogP contribution in [0.2, 0.25) is 0 Å². The van der Waals surface area contributed by atoms with E-state index in [1.807, 2.05) is 30.3 Å². The highest BCUT2D eigenvalue weighted by Gasteiger charge is 2.50. The highest BCUT2D eigenvalue weighted by Crippen LogP contribution is 2.51. The van der Waals surface area contributed by atoms with E-state index >= 15 is 0 Å². The third kappa shape index (κ3) is 3.78. The molecule has 2 aromatic carbocycles. The van der Waals surface area contributed by atoms with E-state index in [4.69, 9.17) is 10.5 Å². The predicted octanol–water partition coefficient (Wildman–Crippen LogP) is 4.84. The van der Waals surface area contributed by atoms with Gasteiger partial charge in [-0.05, 0) is 17.0 Å². The van der Waals surface area contributed by atoms with Crippen LogP contribution in [-0.4, -0.2) is 16.9 Å². The van der Waals surface area contributed by atoms with Crippen LogP contribution in [0.1, 0.15) is 35.8 Å². The molecule has 2 aliphatic rings. The number of allylic oxidation sites excluding steroid dienone is 3. The molecule has 2 aromatic rings. The van der Waals surface area contributed by atoms with Gasteiger partial charge in [-0.1, -0.05) is 42.5 Å². The van der Waals surface area contributed by atoms with Gasteiger partial charge in [0.1, 0.15) is 11.3 Å².